The quantitative estimate of drug-likeness (QED) is 0.393. The molecule has 37 heavy (non-hydrogen) atoms. The molecule has 0 aliphatic carbocycles. The number of pyridine rings is 2. The van der Waals surface area contributed by atoms with Gasteiger partial charge in [-0.2, -0.15) is 0 Å². The van der Waals surface area contributed by atoms with Crippen LogP contribution in [0.4, 0.5) is 5.69 Å². The Bertz CT molecular complexity index is 1690. The molecule has 4 aromatic rings. The molecular weight excluding hydrogens is 494 g/mol. The van der Waals surface area contributed by atoms with Crippen molar-refractivity contribution in [3.63, 3.8) is 0 Å². The molecule has 0 spiro atoms. The number of amides is 1. The fourth-order valence-corrected chi connectivity index (χ4v) is 5.38. The molecule has 1 amide bonds. The first-order valence-electron chi connectivity index (χ1n) is 11.4. The van der Waals surface area contributed by atoms with Gasteiger partial charge in [0.2, 0.25) is 21.2 Å². The molecule has 0 unspecified atom stereocenters. The van der Waals surface area contributed by atoms with E-state index < -0.39 is 26.1 Å². The molecule has 192 valence electrons. The molecule has 0 saturated heterocycles. The summed E-state index contributed by atoms with van der Waals surface area (Å²) < 4.78 is 38.9. The van der Waals surface area contributed by atoms with Gasteiger partial charge in [-0.15, -0.1) is 0 Å². The molecule has 0 aliphatic heterocycles. The van der Waals surface area contributed by atoms with Gasteiger partial charge in [-0.05, 0) is 68.3 Å². The zero-order valence-electron chi connectivity index (χ0n) is 21.2. The molecule has 2 heterocycles. The molecule has 1 N–H and O–H groups in total. The van der Waals surface area contributed by atoms with Crippen molar-refractivity contribution in [1.29, 1.82) is 0 Å². The van der Waals surface area contributed by atoms with Gasteiger partial charge in [0.15, 0.2) is 11.5 Å². The van der Waals surface area contributed by atoms with Crippen LogP contribution in [0.25, 0.3) is 11.0 Å². The van der Waals surface area contributed by atoms with Crippen LogP contribution in [0.2, 0.25) is 0 Å². The van der Waals surface area contributed by atoms with Crippen molar-refractivity contribution in [3.8, 4) is 11.5 Å². The van der Waals surface area contributed by atoms with Crippen molar-refractivity contribution in [1.82, 2.24) is 9.55 Å². The summed E-state index contributed by atoms with van der Waals surface area (Å²) in [5.41, 5.74) is 2.34. The standard InChI is InChI=1S/C27H27N3O6S/c1-16-6-9-20(12-17(16)2)37(33,34)24-14-30(27-21(26(24)32)10-7-18(3)28-27)15-25(31)29-19-8-11-22(35-4)23(13-19)36-5/h6-14H,15H2,1-5H3,(H,29,31). The number of sulfone groups is 1. The third kappa shape index (κ3) is 5.05. The van der Waals surface area contributed by atoms with Gasteiger partial charge in [0, 0.05) is 23.6 Å². The largest absolute Gasteiger partial charge is 0.493 e. The number of hydrogen-bond donors (Lipinski definition) is 1. The maximum Gasteiger partial charge on any atom is 0.244 e. The first-order chi connectivity index (χ1) is 17.5. The summed E-state index contributed by atoms with van der Waals surface area (Å²) in [5.74, 6) is 0.496. The number of ether oxygens (including phenoxy) is 2. The number of nitrogens with zero attached hydrogens (tertiary/aromatic N) is 2. The minimum absolute atomic E-state index is 0.00782. The second-order valence-electron chi connectivity index (χ2n) is 8.64. The molecular formula is C27H27N3O6S. The van der Waals surface area contributed by atoms with Crippen LogP contribution in [-0.2, 0) is 21.2 Å². The molecule has 0 atom stereocenters. The van der Waals surface area contributed by atoms with Crippen LogP contribution >= 0.6 is 0 Å². The van der Waals surface area contributed by atoms with Gasteiger partial charge in [-0.3, -0.25) is 9.59 Å². The highest BCUT2D eigenvalue weighted by atomic mass is 32.2. The third-order valence-corrected chi connectivity index (χ3v) is 7.83. The Balaban J connectivity index is 1.79. The average molecular weight is 522 g/mol. The highest BCUT2D eigenvalue weighted by Crippen LogP contribution is 2.30. The number of aromatic nitrogens is 2. The van der Waals surface area contributed by atoms with Gasteiger partial charge in [-0.1, -0.05) is 6.07 Å². The highest BCUT2D eigenvalue weighted by molar-refractivity contribution is 7.91. The van der Waals surface area contributed by atoms with Gasteiger partial charge in [0.1, 0.15) is 17.1 Å². The Hall–Kier alpha value is -4.18. The maximum absolute atomic E-state index is 13.5. The first-order valence-corrected chi connectivity index (χ1v) is 12.9. The summed E-state index contributed by atoms with van der Waals surface area (Å²) in [6.07, 6.45) is 1.19. The van der Waals surface area contributed by atoms with Gasteiger partial charge in [0.05, 0.1) is 24.5 Å². The van der Waals surface area contributed by atoms with Crippen molar-refractivity contribution >= 4 is 32.5 Å². The second-order valence-corrected chi connectivity index (χ2v) is 10.6. The van der Waals surface area contributed by atoms with Gasteiger partial charge in [-0.25, -0.2) is 13.4 Å². The Morgan fingerprint density at radius 2 is 1.68 bits per heavy atom. The lowest BCUT2D eigenvalue weighted by Gasteiger charge is -2.15. The number of fused-ring (bicyclic) bond motifs is 1. The Morgan fingerprint density at radius 3 is 2.35 bits per heavy atom. The number of methoxy groups -OCH3 is 2. The highest BCUT2D eigenvalue weighted by Gasteiger charge is 2.25. The number of rotatable bonds is 7. The number of anilines is 1. The van der Waals surface area contributed by atoms with Crippen LogP contribution in [0.5, 0.6) is 11.5 Å². The van der Waals surface area contributed by atoms with Crippen molar-refractivity contribution in [2.45, 2.75) is 37.1 Å². The van der Waals surface area contributed by atoms with Crippen LogP contribution in [0.15, 0.2) is 69.3 Å². The average Bonchev–Trinajstić information content (AvgIpc) is 2.86. The maximum atomic E-state index is 13.5. The molecule has 0 bridgehead atoms. The van der Waals surface area contributed by atoms with Crippen LogP contribution in [0, 0.1) is 20.8 Å². The Kier molecular flexibility index (Phi) is 7.04. The Morgan fingerprint density at radius 1 is 0.946 bits per heavy atom. The molecule has 0 fully saturated rings. The smallest absolute Gasteiger partial charge is 0.244 e. The van der Waals surface area contributed by atoms with E-state index in [2.05, 4.69) is 10.3 Å². The van der Waals surface area contributed by atoms with E-state index in [0.29, 0.717) is 22.9 Å². The molecule has 0 saturated carbocycles. The first kappa shape index (κ1) is 25.9. The lowest BCUT2D eigenvalue weighted by molar-refractivity contribution is -0.116. The number of nitrogens with one attached hydrogen (secondary N) is 1. The summed E-state index contributed by atoms with van der Waals surface area (Å²) in [4.78, 5) is 30.3. The second kappa shape index (κ2) is 10.1. The summed E-state index contributed by atoms with van der Waals surface area (Å²) >= 11 is 0. The van der Waals surface area contributed by atoms with Crippen molar-refractivity contribution in [2.75, 3.05) is 19.5 Å². The third-order valence-electron chi connectivity index (χ3n) is 6.09. The summed E-state index contributed by atoms with van der Waals surface area (Å²) in [6.45, 7) is 5.15. The van der Waals surface area contributed by atoms with E-state index in [-0.39, 0.29) is 22.5 Å². The van der Waals surface area contributed by atoms with Crippen LogP contribution in [0.1, 0.15) is 16.8 Å². The fraction of sp³-hybridized carbons (Fsp3) is 0.222. The molecule has 0 radical (unpaired) electrons. The van der Waals surface area contributed by atoms with E-state index in [1.54, 1.807) is 44.2 Å². The van der Waals surface area contributed by atoms with E-state index >= 15 is 0 Å². The fourth-order valence-electron chi connectivity index (χ4n) is 3.92. The van der Waals surface area contributed by atoms with E-state index in [4.69, 9.17) is 9.47 Å². The molecule has 9 nitrogen and oxygen atoms in total. The number of benzene rings is 2. The predicted octanol–water partition coefficient (Wildman–Crippen LogP) is 3.81. The number of aryl methyl sites for hydroxylation is 3. The van der Waals surface area contributed by atoms with Crippen molar-refractivity contribution < 1.29 is 22.7 Å². The van der Waals surface area contributed by atoms with Crippen LogP contribution < -0.4 is 20.2 Å². The van der Waals surface area contributed by atoms with Crippen LogP contribution in [-0.4, -0.2) is 38.1 Å². The molecule has 2 aromatic carbocycles. The summed E-state index contributed by atoms with van der Waals surface area (Å²) in [7, 11) is -1.17. The molecule has 10 heteroatoms. The SMILES string of the molecule is COc1ccc(NC(=O)Cn2cc(S(=O)(=O)c3ccc(C)c(C)c3)c(=O)c3ccc(C)nc32)cc1OC. The van der Waals surface area contributed by atoms with Gasteiger partial charge in [0.25, 0.3) is 0 Å². The molecule has 2 aromatic heterocycles. The summed E-state index contributed by atoms with van der Waals surface area (Å²) in [5, 5.41) is 2.87. The zero-order chi connectivity index (χ0) is 26.9. The number of carbonyl (C=O) groups is 1. The van der Waals surface area contributed by atoms with Gasteiger partial charge >= 0.3 is 0 Å². The number of carbonyl (C=O) groups excluding carboxylic acids is 1. The predicted molar refractivity (Wildman–Crippen MR) is 140 cm³/mol. The Labute approximate surface area is 214 Å². The van der Waals surface area contributed by atoms with Crippen molar-refractivity contribution in [3.05, 3.63) is 81.8 Å². The van der Waals surface area contributed by atoms with E-state index in [1.807, 2.05) is 6.92 Å². The number of hydrogen-bond acceptors (Lipinski definition) is 7. The minimum Gasteiger partial charge on any atom is -0.493 e. The van der Waals surface area contributed by atoms with Gasteiger partial charge < -0.3 is 19.4 Å². The lowest BCUT2D eigenvalue weighted by atomic mass is 10.1. The summed E-state index contributed by atoms with van der Waals surface area (Å²) in [6, 6.07) is 12.8. The van der Waals surface area contributed by atoms with E-state index in [9.17, 15) is 18.0 Å². The zero-order valence-corrected chi connectivity index (χ0v) is 22.0. The molecule has 4 rings (SSSR count). The van der Waals surface area contributed by atoms with Crippen molar-refractivity contribution in [2.24, 2.45) is 0 Å². The van der Waals surface area contributed by atoms with E-state index in [1.165, 1.54) is 43.2 Å². The molecule has 0 aliphatic rings. The monoisotopic (exact) mass is 521 g/mol. The topological polar surface area (TPSA) is 117 Å². The van der Waals surface area contributed by atoms with Crippen LogP contribution in [0.3, 0.4) is 0 Å². The van der Waals surface area contributed by atoms with E-state index in [0.717, 1.165) is 11.1 Å². The lowest BCUT2D eigenvalue weighted by Crippen LogP contribution is -2.24. The normalized spacial score (nSPS) is 11.4. The minimum atomic E-state index is -4.17.